The van der Waals surface area contributed by atoms with Gasteiger partial charge < -0.3 is 24.7 Å². The van der Waals surface area contributed by atoms with Crippen molar-refractivity contribution in [1.82, 2.24) is 20.0 Å². The van der Waals surface area contributed by atoms with Crippen molar-refractivity contribution < 1.29 is 18.9 Å². The number of rotatable bonds is 6. The van der Waals surface area contributed by atoms with Gasteiger partial charge in [0.15, 0.2) is 0 Å². The van der Waals surface area contributed by atoms with Crippen LogP contribution < -0.4 is 5.32 Å². The quantitative estimate of drug-likeness (QED) is 0.606. The van der Waals surface area contributed by atoms with Crippen LogP contribution in [0.4, 0.5) is 5.82 Å². The molecule has 2 aromatic heterocycles. The van der Waals surface area contributed by atoms with E-state index in [0.29, 0.717) is 18.7 Å². The number of nitro groups is 1. The van der Waals surface area contributed by atoms with Crippen molar-refractivity contribution in [2.24, 2.45) is 0 Å². The number of aromatic nitrogens is 2. The molecule has 132 valence electrons. The van der Waals surface area contributed by atoms with Gasteiger partial charge in [-0.1, -0.05) is 0 Å². The Morgan fingerprint density at radius 2 is 2.28 bits per heavy atom. The topological polar surface area (TPSA) is 124 Å². The van der Waals surface area contributed by atoms with Crippen molar-refractivity contribution in [3.8, 4) is 0 Å². The third-order valence-corrected chi connectivity index (χ3v) is 4.00. The highest BCUT2D eigenvalue weighted by Gasteiger charge is 2.34. The fourth-order valence-electron chi connectivity index (χ4n) is 2.81. The fourth-order valence-corrected chi connectivity index (χ4v) is 2.81. The summed E-state index contributed by atoms with van der Waals surface area (Å²) < 4.78 is 6.36. The molecule has 0 aromatic carbocycles. The van der Waals surface area contributed by atoms with Crippen LogP contribution in [0.25, 0.3) is 0 Å². The molecule has 10 nitrogen and oxygen atoms in total. The number of hydrogen-bond donors (Lipinski definition) is 1. The van der Waals surface area contributed by atoms with E-state index >= 15 is 0 Å². The first-order chi connectivity index (χ1) is 12.0. The Balaban J connectivity index is 1.58. The van der Waals surface area contributed by atoms with E-state index in [0.717, 1.165) is 6.42 Å². The summed E-state index contributed by atoms with van der Waals surface area (Å²) in [5, 5.41) is 17.1. The molecule has 0 radical (unpaired) electrons. The van der Waals surface area contributed by atoms with Crippen LogP contribution in [0.15, 0.2) is 35.1 Å². The normalized spacial score (nSPS) is 16.8. The molecule has 3 heterocycles. The van der Waals surface area contributed by atoms with Crippen LogP contribution in [-0.4, -0.2) is 44.0 Å². The molecule has 0 bridgehead atoms. The first-order valence-electron chi connectivity index (χ1n) is 7.82. The third-order valence-electron chi connectivity index (χ3n) is 4.00. The maximum absolute atomic E-state index is 12.4. The van der Waals surface area contributed by atoms with Crippen molar-refractivity contribution in [3.63, 3.8) is 0 Å². The molecule has 1 N–H and O–H groups in total. The minimum atomic E-state index is -0.623. The lowest BCUT2D eigenvalue weighted by atomic mass is 10.2. The molecule has 0 aliphatic carbocycles. The smallest absolute Gasteiger partial charge is 0.389 e. The van der Waals surface area contributed by atoms with Crippen LogP contribution in [0.3, 0.4) is 0 Å². The Kier molecular flexibility index (Phi) is 4.78. The lowest BCUT2D eigenvalue weighted by Crippen LogP contribution is -2.46. The molecular formula is C15H17N5O5. The lowest BCUT2D eigenvalue weighted by molar-refractivity contribution is -0.389. The number of nitrogens with zero attached hydrogens (tertiary/aromatic N) is 4. The van der Waals surface area contributed by atoms with Gasteiger partial charge in [-0.15, -0.1) is 0 Å². The van der Waals surface area contributed by atoms with Crippen LogP contribution >= 0.6 is 0 Å². The second kappa shape index (κ2) is 7.16. The molecule has 0 spiro atoms. The van der Waals surface area contributed by atoms with Crippen LogP contribution in [-0.2, 0) is 22.7 Å². The molecule has 10 heteroatoms. The van der Waals surface area contributed by atoms with Crippen LogP contribution in [0.2, 0.25) is 0 Å². The van der Waals surface area contributed by atoms with E-state index in [1.54, 1.807) is 12.1 Å². The van der Waals surface area contributed by atoms with E-state index in [2.05, 4.69) is 10.4 Å². The van der Waals surface area contributed by atoms with Crippen molar-refractivity contribution in [2.45, 2.75) is 32.0 Å². The zero-order valence-electron chi connectivity index (χ0n) is 13.3. The van der Waals surface area contributed by atoms with Gasteiger partial charge in [0.25, 0.3) is 0 Å². The average molecular weight is 347 g/mol. The first kappa shape index (κ1) is 16.7. The van der Waals surface area contributed by atoms with Gasteiger partial charge in [-0.3, -0.25) is 9.59 Å². The lowest BCUT2D eigenvalue weighted by Gasteiger charge is -2.23. The molecule has 1 aliphatic rings. The number of likely N-dealkylation sites (tertiary alicyclic amines) is 1. The number of carbonyl (C=O) groups is 2. The summed E-state index contributed by atoms with van der Waals surface area (Å²) in [5.74, 6) is -0.225. The summed E-state index contributed by atoms with van der Waals surface area (Å²) in [4.78, 5) is 36.3. The summed E-state index contributed by atoms with van der Waals surface area (Å²) in [7, 11) is 0. The standard InChI is InChI=1S/C15H17N5O5/c21-14(10-18-7-5-13(17-18)20(23)24)19-6-1-4-12(19)15(22)16-9-11-3-2-8-25-11/h2-3,5,7-8,12H,1,4,6,9-10H2,(H,16,22). The minimum Gasteiger partial charge on any atom is -0.467 e. The maximum Gasteiger partial charge on any atom is 0.389 e. The number of amides is 2. The summed E-state index contributed by atoms with van der Waals surface area (Å²) >= 11 is 0. The predicted octanol–water partition coefficient (Wildman–Crippen LogP) is 0.692. The van der Waals surface area contributed by atoms with E-state index in [1.807, 2.05) is 0 Å². The van der Waals surface area contributed by atoms with Gasteiger partial charge in [-0.05, 0) is 29.9 Å². The maximum atomic E-state index is 12.4. The van der Waals surface area contributed by atoms with Crippen molar-refractivity contribution in [2.75, 3.05) is 6.54 Å². The largest absolute Gasteiger partial charge is 0.467 e. The summed E-state index contributed by atoms with van der Waals surface area (Å²) in [6.45, 7) is 0.590. The molecular weight excluding hydrogens is 330 g/mol. The second-order valence-corrected chi connectivity index (χ2v) is 5.67. The molecule has 1 saturated heterocycles. The molecule has 3 rings (SSSR count). The Morgan fingerprint density at radius 3 is 2.96 bits per heavy atom. The summed E-state index contributed by atoms with van der Waals surface area (Å²) in [5.41, 5.74) is 0. The fraction of sp³-hybridized carbons (Fsp3) is 0.400. The van der Waals surface area contributed by atoms with Crippen molar-refractivity contribution in [1.29, 1.82) is 0 Å². The second-order valence-electron chi connectivity index (χ2n) is 5.67. The van der Waals surface area contributed by atoms with E-state index in [1.165, 1.54) is 28.1 Å². The van der Waals surface area contributed by atoms with Gasteiger partial charge in [-0.2, -0.15) is 4.68 Å². The van der Waals surface area contributed by atoms with Gasteiger partial charge in [0, 0.05) is 6.54 Å². The Morgan fingerprint density at radius 1 is 1.44 bits per heavy atom. The van der Waals surface area contributed by atoms with Crippen molar-refractivity contribution >= 4 is 17.6 Å². The summed E-state index contributed by atoms with van der Waals surface area (Å²) in [6.07, 6.45) is 4.20. The SMILES string of the molecule is O=C(NCc1ccco1)C1CCCN1C(=O)Cn1ccc([N+](=O)[O-])n1. The summed E-state index contributed by atoms with van der Waals surface area (Å²) in [6, 6.07) is 4.16. The van der Waals surface area contributed by atoms with Gasteiger partial charge in [-0.25, -0.2) is 0 Å². The monoisotopic (exact) mass is 347 g/mol. The predicted molar refractivity (Wildman–Crippen MR) is 84.2 cm³/mol. The molecule has 1 atom stereocenters. The van der Waals surface area contributed by atoms with E-state index in [9.17, 15) is 19.7 Å². The zero-order chi connectivity index (χ0) is 17.8. The average Bonchev–Trinajstić information content (AvgIpc) is 3.32. The van der Waals surface area contributed by atoms with Crippen LogP contribution in [0, 0.1) is 10.1 Å². The van der Waals surface area contributed by atoms with E-state index < -0.39 is 11.0 Å². The van der Waals surface area contributed by atoms with Gasteiger partial charge in [0.05, 0.1) is 30.2 Å². The zero-order valence-corrected chi connectivity index (χ0v) is 13.3. The number of carbonyl (C=O) groups excluding carboxylic acids is 2. The molecule has 1 aliphatic heterocycles. The Bertz CT molecular complexity index is 769. The van der Waals surface area contributed by atoms with Gasteiger partial charge >= 0.3 is 5.82 Å². The Hall–Kier alpha value is -3.17. The Labute approximate surface area is 142 Å². The van der Waals surface area contributed by atoms with Crippen LogP contribution in [0.1, 0.15) is 18.6 Å². The number of nitrogens with one attached hydrogen (secondary N) is 1. The van der Waals surface area contributed by atoms with Gasteiger partial charge in [0.2, 0.25) is 11.8 Å². The highest BCUT2D eigenvalue weighted by Crippen LogP contribution is 2.18. The first-order valence-corrected chi connectivity index (χ1v) is 7.82. The van der Waals surface area contributed by atoms with E-state index in [-0.39, 0.29) is 30.7 Å². The molecule has 1 fully saturated rings. The van der Waals surface area contributed by atoms with E-state index in [4.69, 9.17) is 4.42 Å². The molecule has 0 saturated carbocycles. The number of hydrogen-bond acceptors (Lipinski definition) is 6. The minimum absolute atomic E-state index is 0.143. The highest BCUT2D eigenvalue weighted by atomic mass is 16.6. The molecule has 25 heavy (non-hydrogen) atoms. The molecule has 2 amide bonds. The molecule has 1 unspecified atom stereocenters. The van der Waals surface area contributed by atoms with Crippen molar-refractivity contribution in [3.05, 3.63) is 46.5 Å². The highest BCUT2D eigenvalue weighted by molar-refractivity contribution is 5.88. The van der Waals surface area contributed by atoms with Crippen LogP contribution in [0.5, 0.6) is 0 Å². The van der Waals surface area contributed by atoms with Gasteiger partial charge in [0.1, 0.15) is 18.3 Å². The third kappa shape index (κ3) is 3.84. The number of furan rings is 1. The molecule has 2 aromatic rings.